The number of fused-ring (bicyclic) bond motifs is 1. The molecular weight excluding hydrogens is 505 g/mol. The maximum atomic E-state index is 13.7. The highest BCUT2D eigenvalue weighted by atomic mass is 32.1. The van der Waals surface area contributed by atoms with Crippen LogP contribution in [0, 0.1) is 11.2 Å². The van der Waals surface area contributed by atoms with Gasteiger partial charge >= 0.3 is 0 Å². The first-order valence-electron chi connectivity index (χ1n) is 12.9. The summed E-state index contributed by atoms with van der Waals surface area (Å²) >= 11 is 1.21. The van der Waals surface area contributed by atoms with Gasteiger partial charge in [0.1, 0.15) is 22.3 Å². The molecule has 0 aliphatic carbocycles. The Morgan fingerprint density at radius 2 is 1.76 bits per heavy atom. The van der Waals surface area contributed by atoms with Crippen molar-refractivity contribution in [1.29, 1.82) is 0 Å². The van der Waals surface area contributed by atoms with Crippen molar-refractivity contribution < 1.29 is 19.1 Å². The molecule has 1 fully saturated rings. The summed E-state index contributed by atoms with van der Waals surface area (Å²) in [5, 5.41) is 10.8. The fourth-order valence-electron chi connectivity index (χ4n) is 4.78. The van der Waals surface area contributed by atoms with Gasteiger partial charge < -0.3 is 14.9 Å². The lowest BCUT2D eigenvalue weighted by Crippen LogP contribution is -2.63. The number of aliphatic hydroxyl groups excluding tert-OH is 1. The van der Waals surface area contributed by atoms with E-state index in [1.807, 2.05) is 48.5 Å². The Labute approximate surface area is 226 Å². The lowest BCUT2D eigenvalue weighted by molar-refractivity contribution is -0.145. The maximum Gasteiger partial charge on any atom is 0.283 e. The third-order valence-electron chi connectivity index (χ3n) is 6.67. The summed E-state index contributed by atoms with van der Waals surface area (Å²) < 4.78 is 13.4. The molecule has 1 atom stereocenters. The molecule has 1 aliphatic heterocycles. The number of hydrogen-bond acceptors (Lipinski definition) is 7. The molecule has 8 nitrogen and oxygen atoms in total. The first-order chi connectivity index (χ1) is 17.7. The molecule has 1 N–H and O–H groups in total. The highest BCUT2D eigenvalue weighted by Crippen LogP contribution is 2.32. The number of halogens is 1. The Kier molecular flexibility index (Phi) is 7.60. The zero-order valence-corrected chi connectivity index (χ0v) is 23.9. The third-order valence-corrected chi connectivity index (χ3v) is 7.60. The minimum Gasteiger partial charge on any atom is -0.383 e. The van der Waals surface area contributed by atoms with E-state index < -0.39 is 11.6 Å². The first-order valence-corrected chi connectivity index (χ1v) is 13.7. The van der Waals surface area contributed by atoms with Crippen molar-refractivity contribution in [2.75, 3.05) is 19.6 Å². The number of amides is 2. The number of aromatic nitrogens is 3. The molecule has 2 amide bonds. The number of aliphatic hydroxyl groups is 1. The van der Waals surface area contributed by atoms with Gasteiger partial charge in [0.2, 0.25) is 0 Å². The summed E-state index contributed by atoms with van der Waals surface area (Å²) in [6.07, 6.45) is -0.698. The average Bonchev–Trinajstić information content (AvgIpc) is 3.25. The summed E-state index contributed by atoms with van der Waals surface area (Å²) in [6.45, 7) is 14.8. The number of benzene rings is 1. The molecule has 38 heavy (non-hydrogen) atoms. The van der Waals surface area contributed by atoms with Crippen molar-refractivity contribution in [1.82, 2.24) is 24.8 Å². The number of piperazine rings is 1. The van der Waals surface area contributed by atoms with E-state index in [1.54, 1.807) is 21.9 Å². The van der Waals surface area contributed by atoms with Crippen molar-refractivity contribution in [2.45, 2.75) is 72.4 Å². The van der Waals surface area contributed by atoms with Crippen molar-refractivity contribution in [3.63, 3.8) is 0 Å². The highest BCUT2D eigenvalue weighted by molar-refractivity contribution is 7.19. The van der Waals surface area contributed by atoms with Crippen LogP contribution < -0.4 is 0 Å². The van der Waals surface area contributed by atoms with Gasteiger partial charge in [-0.1, -0.05) is 46.0 Å². The van der Waals surface area contributed by atoms with E-state index in [1.165, 1.54) is 23.5 Å². The van der Waals surface area contributed by atoms with Crippen molar-refractivity contribution in [2.24, 2.45) is 5.41 Å². The molecule has 204 valence electrons. The zero-order valence-electron chi connectivity index (χ0n) is 23.1. The van der Waals surface area contributed by atoms with E-state index in [0.29, 0.717) is 52.8 Å². The Morgan fingerprint density at radius 3 is 2.34 bits per heavy atom. The molecule has 3 aromatic rings. The number of nitrogens with zero attached hydrogens (tertiary/aromatic N) is 5. The Bertz CT molecular complexity index is 1350. The average molecular weight is 542 g/mol. The largest absolute Gasteiger partial charge is 0.383 e. The Balaban J connectivity index is 1.60. The van der Waals surface area contributed by atoms with Crippen molar-refractivity contribution >= 4 is 33.5 Å². The molecule has 2 aromatic heterocycles. The fourth-order valence-corrected chi connectivity index (χ4v) is 5.67. The molecule has 1 aromatic carbocycles. The number of carbonyl (C=O) groups excluding carboxylic acids is 2. The molecule has 10 heteroatoms. The van der Waals surface area contributed by atoms with Crippen LogP contribution in [0.3, 0.4) is 0 Å². The predicted octanol–water partition coefficient (Wildman–Crippen LogP) is 4.88. The summed E-state index contributed by atoms with van der Waals surface area (Å²) in [7, 11) is 0. The van der Waals surface area contributed by atoms with Crippen LogP contribution in [-0.2, 0) is 4.79 Å². The summed E-state index contributed by atoms with van der Waals surface area (Å²) in [4.78, 5) is 44.6. The van der Waals surface area contributed by atoms with Crippen LogP contribution in [0.4, 0.5) is 4.39 Å². The third kappa shape index (κ3) is 5.86. The fraction of sp³-hybridized carbons (Fsp3) is 0.536. The molecule has 1 unspecified atom stereocenters. The van der Waals surface area contributed by atoms with Gasteiger partial charge in [-0.25, -0.2) is 19.3 Å². The molecule has 0 radical (unpaired) electrons. The van der Waals surface area contributed by atoms with E-state index in [9.17, 15) is 19.1 Å². The standard InChI is InChI=1S/C28H36FN5O3S/c1-16(2)20-21-23(32-22(30-20)17-8-10-18(29)11-9-17)38-24(31-21)26(37)34-13-12-33(15-28(34,6)7)25(36)19(35)14-27(3,4)5/h8-11,16,19,35H,12-15H2,1-7H3. The second-order valence-electron chi connectivity index (χ2n) is 12.1. The van der Waals surface area contributed by atoms with Crippen LogP contribution >= 0.6 is 11.3 Å². The molecule has 4 rings (SSSR count). The van der Waals surface area contributed by atoms with Crippen LogP contribution in [0.5, 0.6) is 0 Å². The van der Waals surface area contributed by atoms with Crippen LogP contribution in [0.2, 0.25) is 0 Å². The molecule has 0 bridgehead atoms. The molecule has 1 aliphatic rings. The second kappa shape index (κ2) is 10.3. The van der Waals surface area contributed by atoms with E-state index in [2.05, 4.69) is 9.97 Å². The molecule has 3 heterocycles. The zero-order chi connectivity index (χ0) is 28.0. The van der Waals surface area contributed by atoms with Gasteiger partial charge in [0, 0.05) is 25.2 Å². The maximum absolute atomic E-state index is 13.7. The van der Waals surface area contributed by atoms with Gasteiger partial charge in [-0.15, -0.1) is 0 Å². The normalized spacial score (nSPS) is 16.8. The Morgan fingerprint density at radius 1 is 1.11 bits per heavy atom. The van der Waals surface area contributed by atoms with Crippen LogP contribution in [0.15, 0.2) is 24.3 Å². The smallest absolute Gasteiger partial charge is 0.283 e. The summed E-state index contributed by atoms with van der Waals surface area (Å²) in [5.41, 5.74) is 1.18. The topological polar surface area (TPSA) is 99.5 Å². The molecule has 0 spiro atoms. The van der Waals surface area contributed by atoms with Crippen LogP contribution in [-0.4, -0.2) is 72.9 Å². The quantitative estimate of drug-likeness (QED) is 0.495. The SMILES string of the molecule is CC(C)c1nc(-c2ccc(F)cc2)nc2sc(C(=O)N3CCN(C(=O)C(O)CC(C)(C)C)CC3(C)C)nc12. The number of carbonyl (C=O) groups is 2. The first kappa shape index (κ1) is 28.0. The van der Waals surface area contributed by atoms with E-state index in [4.69, 9.17) is 4.98 Å². The minimum atomic E-state index is -1.07. The van der Waals surface area contributed by atoms with Gasteiger partial charge in [-0.2, -0.15) is 0 Å². The van der Waals surface area contributed by atoms with Gasteiger partial charge in [0.05, 0.1) is 11.2 Å². The predicted molar refractivity (Wildman–Crippen MR) is 146 cm³/mol. The summed E-state index contributed by atoms with van der Waals surface area (Å²) in [6, 6.07) is 6.01. The number of thiazole rings is 1. The van der Waals surface area contributed by atoms with Crippen LogP contribution in [0.1, 0.15) is 76.3 Å². The van der Waals surface area contributed by atoms with Gasteiger partial charge in [0.15, 0.2) is 10.8 Å². The minimum absolute atomic E-state index is 0.0373. The monoisotopic (exact) mass is 541 g/mol. The highest BCUT2D eigenvalue weighted by Gasteiger charge is 2.41. The lowest BCUT2D eigenvalue weighted by atomic mass is 9.88. The van der Waals surface area contributed by atoms with Gasteiger partial charge in [0.25, 0.3) is 11.8 Å². The number of hydrogen-bond donors (Lipinski definition) is 1. The van der Waals surface area contributed by atoms with Crippen LogP contribution in [0.25, 0.3) is 21.7 Å². The second-order valence-corrected chi connectivity index (χ2v) is 13.1. The molecule has 1 saturated heterocycles. The van der Waals surface area contributed by atoms with Crippen molar-refractivity contribution in [3.05, 3.63) is 40.8 Å². The van der Waals surface area contributed by atoms with E-state index >= 15 is 0 Å². The van der Waals surface area contributed by atoms with Crippen molar-refractivity contribution in [3.8, 4) is 11.4 Å². The molecule has 0 saturated carbocycles. The van der Waals surface area contributed by atoms with E-state index in [-0.39, 0.29) is 29.0 Å². The van der Waals surface area contributed by atoms with E-state index in [0.717, 1.165) is 5.69 Å². The lowest BCUT2D eigenvalue weighted by Gasteiger charge is -2.47. The van der Waals surface area contributed by atoms with Gasteiger partial charge in [-0.3, -0.25) is 9.59 Å². The molecular formula is C28H36FN5O3S. The Hall–Kier alpha value is -2.98. The van der Waals surface area contributed by atoms with Gasteiger partial charge in [-0.05, 0) is 55.9 Å². The summed E-state index contributed by atoms with van der Waals surface area (Å²) in [5.74, 6) is -0.360. The number of rotatable bonds is 5.